The second-order valence-electron chi connectivity index (χ2n) is 7.27. The maximum absolute atomic E-state index is 12.1. The predicted octanol–water partition coefficient (Wildman–Crippen LogP) is 3.43. The number of hydrogen-bond donors (Lipinski definition) is 1. The molecule has 6 heteroatoms. The second-order valence-corrected chi connectivity index (χ2v) is 7.27. The number of nitrogens with zero attached hydrogens (tertiary/aromatic N) is 2. The van der Waals surface area contributed by atoms with E-state index in [1.807, 2.05) is 71.5 Å². The first kappa shape index (κ1) is 19.6. The van der Waals surface area contributed by atoms with Gasteiger partial charge in [0, 0.05) is 29.4 Å². The van der Waals surface area contributed by atoms with Crippen LogP contribution in [-0.4, -0.2) is 34.3 Å². The lowest BCUT2D eigenvalue weighted by Gasteiger charge is -2.03. The van der Waals surface area contributed by atoms with Crippen molar-refractivity contribution in [3.05, 3.63) is 84.1 Å². The minimum Gasteiger partial charge on any atom is -0.452 e. The van der Waals surface area contributed by atoms with Crippen LogP contribution in [0.25, 0.3) is 17.3 Å². The van der Waals surface area contributed by atoms with Gasteiger partial charge in [-0.05, 0) is 24.5 Å². The van der Waals surface area contributed by atoms with E-state index in [0.717, 1.165) is 35.2 Å². The van der Waals surface area contributed by atoms with Crippen molar-refractivity contribution in [1.82, 2.24) is 15.1 Å². The smallest absolute Gasteiger partial charge is 0.331 e. The zero-order chi connectivity index (χ0) is 20.8. The minimum absolute atomic E-state index is 0.246. The Balaban J connectivity index is 1.48. The molecule has 0 aliphatic heterocycles. The molecular formula is C24H23N3O3. The van der Waals surface area contributed by atoms with Gasteiger partial charge in [0.1, 0.15) is 0 Å². The molecule has 1 heterocycles. The molecule has 0 unspecified atom stereocenters. The van der Waals surface area contributed by atoms with Gasteiger partial charge >= 0.3 is 5.97 Å². The van der Waals surface area contributed by atoms with Gasteiger partial charge in [0.05, 0.1) is 12.2 Å². The molecule has 0 saturated heterocycles. The number of aromatic nitrogens is 2. The predicted molar refractivity (Wildman–Crippen MR) is 114 cm³/mol. The lowest BCUT2D eigenvalue weighted by molar-refractivity contribution is -0.143. The van der Waals surface area contributed by atoms with Crippen LogP contribution in [0.15, 0.2) is 72.9 Å². The summed E-state index contributed by atoms with van der Waals surface area (Å²) in [5.74, 6) is -0.823. The van der Waals surface area contributed by atoms with Crippen molar-refractivity contribution in [2.45, 2.75) is 25.4 Å². The molecule has 3 aromatic rings. The Morgan fingerprint density at radius 2 is 1.77 bits per heavy atom. The Kier molecular flexibility index (Phi) is 6.03. The number of rotatable bonds is 8. The van der Waals surface area contributed by atoms with E-state index in [-0.39, 0.29) is 18.6 Å². The van der Waals surface area contributed by atoms with Crippen LogP contribution in [0.5, 0.6) is 0 Å². The number of carbonyl (C=O) groups is 2. The zero-order valence-electron chi connectivity index (χ0n) is 16.5. The molecular weight excluding hydrogens is 378 g/mol. The fraction of sp³-hybridized carbons (Fsp3) is 0.208. The van der Waals surface area contributed by atoms with E-state index in [2.05, 4.69) is 5.32 Å². The SMILES string of the molecule is O=C(COC(=O)/C=C/c1cn(Cc2ccccc2)nc1-c1ccccc1)NC1CC1. The van der Waals surface area contributed by atoms with Gasteiger partial charge < -0.3 is 10.1 Å². The van der Waals surface area contributed by atoms with Crippen molar-refractivity contribution >= 4 is 18.0 Å². The number of carbonyl (C=O) groups excluding carboxylic acids is 2. The average molecular weight is 401 g/mol. The molecule has 0 spiro atoms. The van der Waals surface area contributed by atoms with Crippen LogP contribution in [0.4, 0.5) is 0 Å². The molecule has 4 rings (SSSR count). The van der Waals surface area contributed by atoms with Gasteiger partial charge in [-0.3, -0.25) is 9.48 Å². The number of nitrogens with one attached hydrogen (secondary N) is 1. The molecule has 0 bridgehead atoms. The summed E-state index contributed by atoms with van der Waals surface area (Å²) in [5, 5.41) is 7.50. The summed E-state index contributed by atoms with van der Waals surface area (Å²) in [7, 11) is 0. The lowest BCUT2D eigenvalue weighted by Crippen LogP contribution is -2.30. The number of ether oxygens (including phenoxy) is 1. The van der Waals surface area contributed by atoms with Crippen LogP contribution in [0, 0.1) is 0 Å². The molecule has 152 valence electrons. The van der Waals surface area contributed by atoms with Crippen molar-refractivity contribution in [2.24, 2.45) is 0 Å². The summed E-state index contributed by atoms with van der Waals surface area (Å²) in [4.78, 5) is 23.7. The molecule has 30 heavy (non-hydrogen) atoms. The molecule has 6 nitrogen and oxygen atoms in total. The quantitative estimate of drug-likeness (QED) is 0.464. The molecule has 1 aliphatic carbocycles. The minimum atomic E-state index is -0.559. The highest BCUT2D eigenvalue weighted by atomic mass is 16.5. The molecule has 1 saturated carbocycles. The number of esters is 1. The Morgan fingerprint density at radius 1 is 1.07 bits per heavy atom. The van der Waals surface area contributed by atoms with Gasteiger partial charge in [-0.25, -0.2) is 4.79 Å². The van der Waals surface area contributed by atoms with Gasteiger partial charge in [0.2, 0.25) is 0 Å². The average Bonchev–Trinajstić information content (AvgIpc) is 3.49. The lowest BCUT2D eigenvalue weighted by atomic mass is 10.1. The van der Waals surface area contributed by atoms with Crippen LogP contribution in [0.3, 0.4) is 0 Å². The van der Waals surface area contributed by atoms with E-state index < -0.39 is 5.97 Å². The molecule has 1 fully saturated rings. The fourth-order valence-corrected chi connectivity index (χ4v) is 3.07. The number of benzene rings is 2. The van der Waals surface area contributed by atoms with Gasteiger partial charge in [0.25, 0.3) is 5.91 Å². The summed E-state index contributed by atoms with van der Waals surface area (Å²) >= 11 is 0. The van der Waals surface area contributed by atoms with E-state index in [0.29, 0.717) is 6.54 Å². The van der Waals surface area contributed by atoms with E-state index in [1.165, 1.54) is 6.08 Å². The number of amides is 1. The second kappa shape index (κ2) is 9.22. The van der Waals surface area contributed by atoms with Crippen molar-refractivity contribution in [2.75, 3.05) is 6.61 Å². The Hall–Kier alpha value is -3.67. The molecule has 1 N–H and O–H groups in total. The van der Waals surface area contributed by atoms with Gasteiger partial charge in [-0.2, -0.15) is 5.10 Å². The first-order chi connectivity index (χ1) is 14.7. The Bertz CT molecular complexity index is 1040. The summed E-state index contributed by atoms with van der Waals surface area (Å²) < 4.78 is 6.89. The van der Waals surface area contributed by atoms with Crippen LogP contribution in [0.1, 0.15) is 24.0 Å². The van der Waals surface area contributed by atoms with E-state index in [4.69, 9.17) is 9.84 Å². The van der Waals surface area contributed by atoms with Crippen LogP contribution in [0.2, 0.25) is 0 Å². The molecule has 0 atom stereocenters. The Morgan fingerprint density at radius 3 is 2.47 bits per heavy atom. The molecule has 1 amide bonds. The maximum atomic E-state index is 12.1. The summed E-state index contributed by atoms with van der Waals surface area (Å²) in [5.41, 5.74) is 3.68. The highest BCUT2D eigenvalue weighted by Gasteiger charge is 2.23. The third-order valence-corrected chi connectivity index (χ3v) is 4.71. The largest absolute Gasteiger partial charge is 0.452 e. The highest BCUT2D eigenvalue weighted by Crippen LogP contribution is 2.23. The third kappa shape index (κ3) is 5.44. The zero-order valence-corrected chi connectivity index (χ0v) is 16.5. The highest BCUT2D eigenvalue weighted by molar-refractivity contribution is 5.90. The van der Waals surface area contributed by atoms with Crippen LogP contribution >= 0.6 is 0 Å². The topological polar surface area (TPSA) is 73.2 Å². The van der Waals surface area contributed by atoms with E-state index in [9.17, 15) is 9.59 Å². The third-order valence-electron chi connectivity index (χ3n) is 4.71. The molecule has 2 aromatic carbocycles. The molecule has 0 radical (unpaired) electrons. The standard InChI is InChI=1S/C24H23N3O3/c28-22(25-21-12-13-21)17-30-23(29)14-11-20-16-27(15-18-7-3-1-4-8-18)26-24(20)19-9-5-2-6-10-19/h1-11,14,16,21H,12-13,15,17H2,(H,25,28)/b14-11+. The van der Waals surface area contributed by atoms with Crippen molar-refractivity contribution in [3.8, 4) is 11.3 Å². The van der Waals surface area contributed by atoms with Gasteiger partial charge in [0.15, 0.2) is 6.61 Å². The first-order valence-corrected chi connectivity index (χ1v) is 9.98. The first-order valence-electron chi connectivity index (χ1n) is 9.98. The summed E-state index contributed by atoms with van der Waals surface area (Å²) in [6.07, 6.45) is 6.90. The van der Waals surface area contributed by atoms with Gasteiger partial charge in [-0.15, -0.1) is 0 Å². The monoisotopic (exact) mass is 401 g/mol. The van der Waals surface area contributed by atoms with Crippen molar-refractivity contribution in [1.29, 1.82) is 0 Å². The van der Waals surface area contributed by atoms with Crippen LogP contribution in [-0.2, 0) is 20.9 Å². The normalized spacial score (nSPS) is 13.3. The van der Waals surface area contributed by atoms with Gasteiger partial charge in [-0.1, -0.05) is 60.7 Å². The van der Waals surface area contributed by atoms with E-state index >= 15 is 0 Å². The molecule has 1 aromatic heterocycles. The Labute approximate surface area is 175 Å². The van der Waals surface area contributed by atoms with Crippen molar-refractivity contribution < 1.29 is 14.3 Å². The number of hydrogen-bond acceptors (Lipinski definition) is 4. The summed E-state index contributed by atoms with van der Waals surface area (Å²) in [6, 6.07) is 20.1. The molecule has 1 aliphatic rings. The fourth-order valence-electron chi connectivity index (χ4n) is 3.07. The van der Waals surface area contributed by atoms with Crippen molar-refractivity contribution in [3.63, 3.8) is 0 Å². The maximum Gasteiger partial charge on any atom is 0.331 e. The van der Waals surface area contributed by atoms with E-state index in [1.54, 1.807) is 6.08 Å². The summed E-state index contributed by atoms with van der Waals surface area (Å²) in [6.45, 7) is 0.360. The van der Waals surface area contributed by atoms with Crippen LogP contribution < -0.4 is 5.32 Å².